The second kappa shape index (κ2) is 8.13. The van der Waals surface area contributed by atoms with Crippen LogP contribution in [0.5, 0.6) is 11.5 Å². The van der Waals surface area contributed by atoms with Crippen LogP contribution in [0.25, 0.3) is 11.4 Å². The largest absolute Gasteiger partial charge is 0.513 e. The van der Waals surface area contributed by atoms with Gasteiger partial charge < -0.3 is 23.5 Å². The molecule has 0 saturated heterocycles. The van der Waals surface area contributed by atoms with Gasteiger partial charge in [-0.15, -0.1) is 10.2 Å². The van der Waals surface area contributed by atoms with E-state index in [2.05, 4.69) is 10.2 Å². The Balaban J connectivity index is 2.39. The lowest BCUT2D eigenvalue weighted by atomic mass is 10.1. The highest BCUT2D eigenvalue weighted by molar-refractivity contribution is 5.73. The van der Waals surface area contributed by atoms with Gasteiger partial charge in [-0.1, -0.05) is 0 Å². The molecule has 0 fully saturated rings. The second-order valence-electron chi connectivity index (χ2n) is 4.86. The van der Waals surface area contributed by atoms with Crippen molar-refractivity contribution in [3.05, 3.63) is 24.0 Å². The van der Waals surface area contributed by atoms with Gasteiger partial charge in [-0.2, -0.15) is 0 Å². The van der Waals surface area contributed by atoms with Gasteiger partial charge in [0.15, 0.2) is 5.82 Å². The first kappa shape index (κ1) is 18.2. The van der Waals surface area contributed by atoms with Crippen molar-refractivity contribution in [1.82, 2.24) is 14.8 Å². The normalized spacial score (nSPS) is 10.2. The number of nitrogens with zero attached hydrogens (tertiary/aromatic N) is 3. The number of aryl methyl sites for hydroxylation is 1. The van der Waals surface area contributed by atoms with E-state index in [1.54, 1.807) is 38.5 Å². The van der Waals surface area contributed by atoms with Gasteiger partial charge in [-0.25, -0.2) is 9.59 Å². The van der Waals surface area contributed by atoms with Crippen LogP contribution in [0, 0.1) is 6.92 Å². The van der Waals surface area contributed by atoms with Crippen LogP contribution in [0.3, 0.4) is 0 Å². The number of hydrogen-bond donors (Lipinski definition) is 0. The Bertz CT molecular complexity index is 771. The van der Waals surface area contributed by atoms with E-state index in [-0.39, 0.29) is 24.7 Å². The standard InChI is InChI=1S/C16H19N3O6/c1-5-22-15(20)24-11-7-8-12(14-18-17-10(3)19(14)4)13(9-11)25-16(21)23-6-2/h7-9H,5-6H2,1-4H3. The third-order valence-electron chi connectivity index (χ3n) is 3.21. The van der Waals surface area contributed by atoms with Gasteiger partial charge in [0.25, 0.3) is 0 Å². The zero-order valence-corrected chi connectivity index (χ0v) is 14.4. The summed E-state index contributed by atoms with van der Waals surface area (Å²) >= 11 is 0. The van der Waals surface area contributed by atoms with Gasteiger partial charge in [0, 0.05) is 13.1 Å². The summed E-state index contributed by atoms with van der Waals surface area (Å²) < 4.78 is 21.5. The Hall–Kier alpha value is -3.10. The second-order valence-corrected chi connectivity index (χ2v) is 4.86. The van der Waals surface area contributed by atoms with E-state index in [1.165, 1.54) is 12.1 Å². The van der Waals surface area contributed by atoms with Crippen molar-refractivity contribution in [3.63, 3.8) is 0 Å². The lowest BCUT2D eigenvalue weighted by Crippen LogP contribution is -2.13. The molecule has 0 N–H and O–H groups in total. The van der Waals surface area contributed by atoms with E-state index < -0.39 is 12.3 Å². The van der Waals surface area contributed by atoms with Crippen LogP contribution in [0.1, 0.15) is 19.7 Å². The molecule has 134 valence electrons. The molecule has 1 aromatic heterocycles. The van der Waals surface area contributed by atoms with Crippen LogP contribution in [0.15, 0.2) is 18.2 Å². The minimum absolute atomic E-state index is 0.121. The van der Waals surface area contributed by atoms with Gasteiger partial charge in [-0.05, 0) is 32.9 Å². The minimum atomic E-state index is -0.879. The van der Waals surface area contributed by atoms with Crippen LogP contribution < -0.4 is 9.47 Å². The quantitative estimate of drug-likeness (QED) is 0.600. The molecule has 0 saturated carbocycles. The molecule has 0 unspecified atom stereocenters. The lowest BCUT2D eigenvalue weighted by molar-refractivity contribution is 0.103. The van der Waals surface area contributed by atoms with E-state index >= 15 is 0 Å². The maximum atomic E-state index is 11.7. The summed E-state index contributed by atoms with van der Waals surface area (Å²) in [7, 11) is 1.78. The summed E-state index contributed by atoms with van der Waals surface area (Å²) in [4.78, 5) is 23.2. The predicted octanol–water partition coefficient (Wildman–Crippen LogP) is 2.86. The van der Waals surface area contributed by atoms with Crippen molar-refractivity contribution in [1.29, 1.82) is 0 Å². The molecule has 9 heteroatoms. The van der Waals surface area contributed by atoms with Crippen molar-refractivity contribution in [3.8, 4) is 22.9 Å². The Labute approximate surface area is 144 Å². The lowest BCUT2D eigenvalue weighted by Gasteiger charge is -2.11. The van der Waals surface area contributed by atoms with Gasteiger partial charge in [0.1, 0.15) is 17.3 Å². The Kier molecular flexibility index (Phi) is 5.93. The Morgan fingerprint density at radius 2 is 1.68 bits per heavy atom. The molecular formula is C16H19N3O6. The van der Waals surface area contributed by atoms with E-state index in [9.17, 15) is 9.59 Å². The maximum absolute atomic E-state index is 11.7. The van der Waals surface area contributed by atoms with Crippen LogP contribution in [0.2, 0.25) is 0 Å². The third kappa shape index (κ3) is 4.46. The molecule has 1 heterocycles. The predicted molar refractivity (Wildman–Crippen MR) is 86.5 cm³/mol. The molecule has 0 bridgehead atoms. The van der Waals surface area contributed by atoms with Crippen molar-refractivity contribution in [2.45, 2.75) is 20.8 Å². The first-order valence-corrected chi connectivity index (χ1v) is 7.65. The number of carbonyl (C=O) groups excluding carboxylic acids is 2. The Morgan fingerprint density at radius 3 is 2.24 bits per heavy atom. The minimum Gasteiger partial charge on any atom is -0.434 e. The molecule has 9 nitrogen and oxygen atoms in total. The summed E-state index contributed by atoms with van der Waals surface area (Å²) in [5, 5.41) is 8.05. The fourth-order valence-corrected chi connectivity index (χ4v) is 1.96. The van der Waals surface area contributed by atoms with Gasteiger partial charge >= 0.3 is 12.3 Å². The van der Waals surface area contributed by atoms with Crippen molar-refractivity contribution < 1.29 is 28.5 Å². The van der Waals surface area contributed by atoms with Crippen LogP contribution in [-0.2, 0) is 16.5 Å². The fraction of sp³-hybridized carbons (Fsp3) is 0.375. The molecule has 25 heavy (non-hydrogen) atoms. The number of ether oxygens (including phenoxy) is 4. The molecule has 0 spiro atoms. The van der Waals surface area contributed by atoms with E-state index in [0.717, 1.165) is 0 Å². The zero-order chi connectivity index (χ0) is 18.4. The van der Waals surface area contributed by atoms with E-state index in [4.69, 9.17) is 18.9 Å². The SMILES string of the molecule is CCOC(=O)Oc1ccc(-c2nnc(C)n2C)c(OC(=O)OCC)c1. The molecule has 1 aromatic carbocycles. The van der Waals surface area contributed by atoms with Crippen LogP contribution in [0.4, 0.5) is 9.59 Å². The number of aromatic nitrogens is 3. The first-order chi connectivity index (χ1) is 12.0. The summed E-state index contributed by atoms with van der Waals surface area (Å²) in [5.74, 6) is 1.44. The van der Waals surface area contributed by atoms with Crippen molar-refractivity contribution >= 4 is 12.3 Å². The summed E-state index contributed by atoms with van der Waals surface area (Å²) in [6.45, 7) is 5.46. The molecule has 0 aliphatic rings. The zero-order valence-electron chi connectivity index (χ0n) is 14.4. The maximum Gasteiger partial charge on any atom is 0.513 e. The number of hydrogen-bond acceptors (Lipinski definition) is 8. The van der Waals surface area contributed by atoms with Gasteiger partial charge in [0.05, 0.1) is 18.8 Å². The average molecular weight is 349 g/mol. The monoisotopic (exact) mass is 349 g/mol. The molecule has 0 aliphatic heterocycles. The molecule has 0 radical (unpaired) electrons. The van der Waals surface area contributed by atoms with E-state index in [0.29, 0.717) is 17.2 Å². The highest BCUT2D eigenvalue weighted by Crippen LogP contribution is 2.33. The average Bonchev–Trinajstić information content (AvgIpc) is 2.88. The number of rotatable bonds is 5. The van der Waals surface area contributed by atoms with Crippen LogP contribution in [-0.4, -0.2) is 40.3 Å². The third-order valence-corrected chi connectivity index (χ3v) is 3.21. The molecule has 0 amide bonds. The molecule has 2 rings (SSSR count). The molecule has 0 aliphatic carbocycles. The Morgan fingerprint density at radius 1 is 1.04 bits per heavy atom. The van der Waals surface area contributed by atoms with Crippen molar-refractivity contribution in [2.75, 3.05) is 13.2 Å². The van der Waals surface area contributed by atoms with Gasteiger partial charge in [-0.3, -0.25) is 0 Å². The van der Waals surface area contributed by atoms with Crippen LogP contribution >= 0.6 is 0 Å². The van der Waals surface area contributed by atoms with Crippen molar-refractivity contribution in [2.24, 2.45) is 7.05 Å². The fourth-order valence-electron chi connectivity index (χ4n) is 1.96. The first-order valence-electron chi connectivity index (χ1n) is 7.65. The highest BCUT2D eigenvalue weighted by Gasteiger charge is 2.18. The van der Waals surface area contributed by atoms with E-state index in [1.807, 2.05) is 0 Å². The molecule has 0 atom stereocenters. The summed E-state index contributed by atoms with van der Waals surface area (Å²) in [5.41, 5.74) is 0.493. The highest BCUT2D eigenvalue weighted by atomic mass is 16.7. The number of benzene rings is 1. The topological polar surface area (TPSA) is 102 Å². The smallest absolute Gasteiger partial charge is 0.434 e. The summed E-state index contributed by atoms with van der Waals surface area (Å²) in [6.07, 6.45) is -1.73. The number of carbonyl (C=O) groups is 2. The molecule has 2 aromatic rings. The molecular weight excluding hydrogens is 330 g/mol. The van der Waals surface area contributed by atoms with Gasteiger partial charge in [0.2, 0.25) is 0 Å². The summed E-state index contributed by atoms with van der Waals surface area (Å²) in [6, 6.07) is 4.52.